The van der Waals surface area contributed by atoms with Crippen LogP contribution in [-0.4, -0.2) is 4.98 Å². The summed E-state index contributed by atoms with van der Waals surface area (Å²) >= 11 is 11.7. The van der Waals surface area contributed by atoms with Gasteiger partial charge in [-0.25, -0.2) is 9.37 Å². The molecule has 0 N–H and O–H groups in total. The highest BCUT2D eigenvalue weighted by atomic mass is 35.5. The van der Waals surface area contributed by atoms with Gasteiger partial charge < -0.3 is 0 Å². The molecule has 0 radical (unpaired) electrons. The lowest BCUT2D eigenvalue weighted by molar-refractivity contribution is 0.628. The van der Waals surface area contributed by atoms with Gasteiger partial charge in [0.1, 0.15) is 17.0 Å². The second kappa shape index (κ2) is 4.70. The molecule has 0 saturated heterocycles. The lowest BCUT2D eigenvalue weighted by Crippen LogP contribution is -1.89. The summed E-state index contributed by atoms with van der Waals surface area (Å²) in [6.45, 7) is 0. The van der Waals surface area contributed by atoms with E-state index >= 15 is 0 Å². The van der Waals surface area contributed by atoms with Crippen LogP contribution in [0.1, 0.15) is 5.56 Å². The summed E-state index contributed by atoms with van der Waals surface area (Å²) in [7, 11) is 0. The van der Waals surface area contributed by atoms with E-state index in [1.165, 1.54) is 18.2 Å². The van der Waals surface area contributed by atoms with Gasteiger partial charge in [-0.3, -0.25) is 0 Å². The van der Waals surface area contributed by atoms with Crippen LogP contribution in [0.5, 0.6) is 0 Å². The molecule has 84 valence electrons. The molecule has 2 aromatic rings. The second-order valence-corrected chi connectivity index (χ2v) is 4.04. The number of halogens is 3. The van der Waals surface area contributed by atoms with Crippen molar-refractivity contribution in [3.63, 3.8) is 0 Å². The molecular weight excluding hydrogens is 262 g/mol. The van der Waals surface area contributed by atoms with Gasteiger partial charge in [0.05, 0.1) is 16.3 Å². The minimum Gasteiger partial charge on any atom is -0.235 e. The average Bonchev–Trinajstić information content (AvgIpc) is 2.29. The van der Waals surface area contributed by atoms with Crippen molar-refractivity contribution < 1.29 is 4.39 Å². The van der Waals surface area contributed by atoms with Crippen molar-refractivity contribution in [2.75, 3.05) is 0 Å². The SMILES string of the molecule is N#Cc1ccc(-c2ccc(F)cc2Cl)nc1Cl. The Hall–Kier alpha value is -1.63. The Labute approximate surface area is 107 Å². The fraction of sp³-hybridized carbons (Fsp3) is 0. The monoisotopic (exact) mass is 266 g/mol. The molecule has 0 amide bonds. The molecule has 1 aromatic heterocycles. The first-order chi connectivity index (χ1) is 8.11. The van der Waals surface area contributed by atoms with Crippen LogP contribution in [0.2, 0.25) is 10.2 Å². The molecule has 1 aromatic carbocycles. The third-order valence-corrected chi connectivity index (χ3v) is 2.78. The smallest absolute Gasteiger partial charge is 0.147 e. The number of hydrogen-bond donors (Lipinski definition) is 0. The van der Waals surface area contributed by atoms with Crippen LogP contribution in [0.4, 0.5) is 4.39 Å². The molecule has 0 aliphatic rings. The quantitative estimate of drug-likeness (QED) is 0.730. The largest absolute Gasteiger partial charge is 0.235 e. The van der Waals surface area contributed by atoms with E-state index in [1.54, 1.807) is 12.1 Å². The molecule has 0 aliphatic heterocycles. The van der Waals surface area contributed by atoms with Gasteiger partial charge in [-0.05, 0) is 30.3 Å². The van der Waals surface area contributed by atoms with E-state index in [9.17, 15) is 4.39 Å². The van der Waals surface area contributed by atoms with Crippen LogP contribution in [0.15, 0.2) is 30.3 Å². The fourth-order valence-corrected chi connectivity index (χ4v) is 1.83. The molecule has 0 saturated carbocycles. The number of nitriles is 1. The first-order valence-electron chi connectivity index (χ1n) is 4.64. The van der Waals surface area contributed by atoms with Crippen molar-refractivity contribution in [3.8, 4) is 17.3 Å². The van der Waals surface area contributed by atoms with E-state index < -0.39 is 5.82 Å². The van der Waals surface area contributed by atoms with Gasteiger partial charge in [0.2, 0.25) is 0 Å². The maximum atomic E-state index is 12.9. The number of hydrogen-bond acceptors (Lipinski definition) is 2. The predicted octanol–water partition coefficient (Wildman–Crippen LogP) is 4.07. The lowest BCUT2D eigenvalue weighted by Gasteiger charge is -2.04. The maximum absolute atomic E-state index is 12.9. The van der Waals surface area contributed by atoms with Crippen LogP contribution >= 0.6 is 23.2 Å². The van der Waals surface area contributed by atoms with Crippen LogP contribution in [-0.2, 0) is 0 Å². The van der Waals surface area contributed by atoms with E-state index in [2.05, 4.69) is 4.98 Å². The number of pyridine rings is 1. The summed E-state index contributed by atoms with van der Waals surface area (Å²) in [6, 6.07) is 9.07. The van der Waals surface area contributed by atoms with Gasteiger partial charge >= 0.3 is 0 Å². The van der Waals surface area contributed by atoms with Crippen LogP contribution in [0, 0.1) is 17.1 Å². The van der Waals surface area contributed by atoms with Gasteiger partial charge in [0.15, 0.2) is 0 Å². The standard InChI is InChI=1S/C12H5Cl2FN2/c13-10-5-8(15)2-3-9(10)11-4-1-7(6-16)12(14)17-11/h1-5H. The third-order valence-electron chi connectivity index (χ3n) is 2.18. The zero-order valence-electron chi connectivity index (χ0n) is 8.42. The van der Waals surface area contributed by atoms with E-state index in [1.807, 2.05) is 6.07 Å². The van der Waals surface area contributed by atoms with E-state index in [-0.39, 0.29) is 15.7 Å². The molecular formula is C12H5Cl2FN2. The Bertz CT molecular complexity index is 620. The zero-order valence-corrected chi connectivity index (χ0v) is 9.93. The molecule has 0 spiro atoms. The number of nitrogens with zero attached hydrogens (tertiary/aromatic N) is 2. The van der Waals surface area contributed by atoms with E-state index in [0.29, 0.717) is 11.3 Å². The first-order valence-corrected chi connectivity index (χ1v) is 5.39. The molecule has 0 aliphatic carbocycles. The van der Waals surface area contributed by atoms with E-state index in [0.717, 1.165) is 0 Å². The lowest BCUT2D eigenvalue weighted by atomic mass is 10.1. The second-order valence-electron chi connectivity index (χ2n) is 3.27. The molecule has 5 heteroatoms. The van der Waals surface area contributed by atoms with Crippen molar-refractivity contribution in [3.05, 3.63) is 51.9 Å². The molecule has 2 rings (SSSR count). The molecule has 0 bridgehead atoms. The van der Waals surface area contributed by atoms with Crippen molar-refractivity contribution >= 4 is 23.2 Å². The fourth-order valence-electron chi connectivity index (χ4n) is 1.36. The predicted molar refractivity (Wildman–Crippen MR) is 64.4 cm³/mol. The minimum atomic E-state index is -0.418. The van der Waals surface area contributed by atoms with Gasteiger partial charge in [-0.2, -0.15) is 5.26 Å². The highest BCUT2D eigenvalue weighted by molar-refractivity contribution is 6.33. The summed E-state index contributed by atoms with van der Waals surface area (Å²) in [6.07, 6.45) is 0. The highest BCUT2D eigenvalue weighted by Gasteiger charge is 2.08. The topological polar surface area (TPSA) is 36.7 Å². The van der Waals surface area contributed by atoms with Gasteiger partial charge in [-0.15, -0.1) is 0 Å². The molecule has 0 fully saturated rings. The Morgan fingerprint density at radius 1 is 1.18 bits per heavy atom. The molecule has 2 nitrogen and oxygen atoms in total. The molecule has 17 heavy (non-hydrogen) atoms. The summed E-state index contributed by atoms with van der Waals surface area (Å²) in [5, 5.41) is 9.07. The summed E-state index contributed by atoms with van der Waals surface area (Å²) in [5.74, 6) is -0.418. The Balaban J connectivity index is 2.54. The van der Waals surface area contributed by atoms with Crippen molar-refractivity contribution in [1.29, 1.82) is 5.26 Å². The number of aromatic nitrogens is 1. The van der Waals surface area contributed by atoms with E-state index in [4.69, 9.17) is 28.5 Å². The summed E-state index contributed by atoms with van der Waals surface area (Å²) < 4.78 is 12.9. The van der Waals surface area contributed by atoms with Gasteiger partial charge in [0.25, 0.3) is 0 Å². The maximum Gasteiger partial charge on any atom is 0.147 e. The van der Waals surface area contributed by atoms with Crippen LogP contribution in [0.3, 0.4) is 0 Å². The zero-order chi connectivity index (χ0) is 12.4. The van der Waals surface area contributed by atoms with Crippen molar-refractivity contribution in [2.45, 2.75) is 0 Å². The third kappa shape index (κ3) is 2.38. The molecule has 0 unspecified atom stereocenters. The molecule has 1 heterocycles. The van der Waals surface area contributed by atoms with Crippen LogP contribution < -0.4 is 0 Å². The highest BCUT2D eigenvalue weighted by Crippen LogP contribution is 2.28. The van der Waals surface area contributed by atoms with Gasteiger partial charge in [-0.1, -0.05) is 23.2 Å². The average molecular weight is 267 g/mol. The Morgan fingerprint density at radius 3 is 2.53 bits per heavy atom. The number of rotatable bonds is 1. The van der Waals surface area contributed by atoms with Gasteiger partial charge in [0, 0.05) is 5.56 Å². The minimum absolute atomic E-state index is 0.102. The number of benzene rings is 1. The van der Waals surface area contributed by atoms with Crippen molar-refractivity contribution in [2.24, 2.45) is 0 Å². The van der Waals surface area contributed by atoms with Crippen molar-refractivity contribution in [1.82, 2.24) is 4.98 Å². The van der Waals surface area contributed by atoms with Crippen LogP contribution in [0.25, 0.3) is 11.3 Å². The first kappa shape index (κ1) is 11.8. The summed E-state index contributed by atoms with van der Waals surface area (Å²) in [4.78, 5) is 4.04. The Kier molecular flexibility index (Phi) is 3.28. The molecule has 0 atom stereocenters. The normalized spacial score (nSPS) is 10.0. The summed E-state index contributed by atoms with van der Waals surface area (Å²) in [5.41, 5.74) is 1.35. The Morgan fingerprint density at radius 2 is 1.94 bits per heavy atom.